The van der Waals surface area contributed by atoms with Crippen molar-refractivity contribution in [2.75, 3.05) is 12.4 Å². The Bertz CT molecular complexity index is 733. The smallest absolute Gasteiger partial charge is 0.226 e. The molecular formula is C15H16ClNO4S. The van der Waals surface area contributed by atoms with Gasteiger partial charge in [0.15, 0.2) is 9.84 Å². The molecule has 1 aromatic heterocycles. The van der Waals surface area contributed by atoms with Crippen LogP contribution in [-0.2, 0) is 20.3 Å². The summed E-state index contributed by atoms with van der Waals surface area (Å²) in [6.07, 6.45) is 2.92. The van der Waals surface area contributed by atoms with Crippen LogP contribution in [0, 0.1) is 0 Å². The Morgan fingerprint density at radius 2 is 2.05 bits per heavy atom. The maximum absolute atomic E-state index is 12.2. The molecule has 0 radical (unpaired) electrons. The number of sulfone groups is 1. The summed E-state index contributed by atoms with van der Waals surface area (Å²) in [5.74, 6) is 0.291. The number of oxazole rings is 1. The normalized spacial score (nSPS) is 18.7. The summed E-state index contributed by atoms with van der Waals surface area (Å²) < 4.78 is 35.1. The number of aromatic nitrogens is 1. The van der Waals surface area contributed by atoms with Gasteiger partial charge in [-0.2, -0.15) is 0 Å². The van der Waals surface area contributed by atoms with E-state index in [1.165, 1.54) is 6.26 Å². The van der Waals surface area contributed by atoms with E-state index in [2.05, 4.69) is 4.98 Å². The third-order valence-corrected chi connectivity index (χ3v) is 5.34. The minimum Gasteiger partial charge on any atom is -0.444 e. The van der Waals surface area contributed by atoms with E-state index in [0.717, 1.165) is 18.4 Å². The first-order valence-electron chi connectivity index (χ1n) is 7.04. The molecule has 0 amide bonds. The van der Waals surface area contributed by atoms with Crippen LogP contribution in [-0.4, -0.2) is 31.9 Å². The van der Waals surface area contributed by atoms with Crippen LogP contribution in [0.3, 0.4) is 0 Å². The van der Waals surface area contributed by atoms with Crippen LogP contribution in [0.4, 0.5) is 0 Å². The first kappa shape index (κ1) is 15.5. The van der Waals surface area contributed by atoms with Gasteiger partial charge >= 0.3 is 0 Å². The quantitative estimate of drug-likeness (QED) is 0.835. The molecule has 7 heteroatoms. The molecule has 0 bridgehead atoms. The van der Waals surface area contributed by atoms with Gasteiger partial charge in [0.2, 0.25) is 5.89 Å². The Labute approximate surface area is 134 Å². The van der Waals surface area contributed by atoms with E-state index in [-0.39, 0.29) is 17.6 Å². The van der Waals surface area contributed by atoms with Crippen LogP contribution in [0.25, 0.3) is 11.5 Å². The van der Waals surface area contributed by atoms with Crippen molar-refractivity contribution in [3.8, 4) is 11.5 Å². The van der Waals surface area contributed by atoms with Crippen molar-refractivity contribution in [3.63, 3.8) is 0 Å². The van der Waals surface area contributed by atoms with Crippen LogP contribution in [0.1, 0.15) is 18.5 Å². The zero-order valence-corrected chi connectivity index (χ0v) is 13.4. The summed E-state index contributed by atoms with van der Waals surface area (Å²) in [5, 5.41) is 0.620. The van der Waals surface area contributed by atoms with Gasteiger partial charge in [-0.05, 0) is 37.1 Å². The summed E-state index contributed by atoms with van der Waals surface area (Å²) in [6, 6.07) is 7.02. The summed E-state index contributed by atoms with van der Waals surface area (Å²) in [4.78, 5) is 4.24. The number of benzene rings is 1. The molecule has 2 aromatic rings. The fourth-order valence-electron chi connectivity index (χ4n) is 2.44. The Morgan fingerprint density at radius 1 is 1.27 bits per heavy atom. The van der Waals surface area contributed by atoms with E-state index in [9.17, 15) is 8.42 Å². The molecular weight excluding hydrogens is 326 g/mol. The molecule has 0 saturated carbocycles. The second-order valence-electron chi connectivity index (χ2n) is 5.34. The van der Waals surface area contributed by atoms with Crippen molar-refractivity contribution in [2.24, 2.45) is 0 Å². The van der Waals surface area contributed by atoms with Crippen LogP contribution in [0.15, 0.2) is 34.9 Å². The van der Waals surface area contributed by atoms with Crippen molar-refractivity contribution in [2.45, 2.75) is 24.7 Å². The molecule has 1 fully saturated rings. The lowest BCUT2D eigenvalue weighted by Gasteiger charge is -2.08. The monoisotopic (exact) mass is 341 g/mol. The van der Waals surface area contributed by atoms with Crippen molar-refractivity contribution in [1.82, 2.24) is 4.98 Å². The van der Waals surface area contributed by atoms with Crippen molar-refractivity contribution in [1.29, 1.82) is 0 Å². The fourth-order valence-corrected chi connectivity index (χ4v) is 4.10. The van der Waals surface area contributed by atoms with Gasteiger partial charge in [0.05, 0.1) is 23.3 Å². The van der Waals surface area contributed by atoms with Crippen molar-refractivity contribution in [3.05, 3.63) is 41.2 Å². The van der Waals surface area contributed by atoms with E-state index in [1.807, 2.05) is 0 Å². The number of hydrogen-bond acceptors (Lipinski definition) is 5. The average molecular weight is 342 g/mol. The van der Waals surface area contributed by atoms with E-state index in [1.54, 1.807) is 24.3 Å². The van der Waals surface area contributed by atoms with Crippen LogP contribution < -0.4 is 0 Å². The highest BCUT2D eigenvalue weighted by molar-refractivity contribution is 7.90. The minimum atomic E-state index is -3.26. The second kappa shape index (κ2) is 6.40. The fraction of sp³-hybridized carbons (Fsp3) is 0.400. The Morgan fingerprint density at radius 3 is 2.73 bits per heavy atom. The zero-order chi connectivity index (χ0) is 15.6. The molecule has 1 saturated heterocycles. The lowest BCUT2D eigenvalue weighted by molar-refractivity contribution is 0.127. The number of rotatable bonds is 5. The second-order valence-corrected chi connectivity index (χ2v) is 7.89. The number of nitrogens with zero attached hydrogens (tertiary/aromatic N) is 1. The topological polar surface area (TPSA) is 69.4 Å². The van der Waals surface area contributed by atoms with Crippen LogP contribution in [0.2, 0.25) is 5.02 Å². The van der Waals surface area contributed by atoms with Crippen LogP contribution in [0.5, 0.6) is 0 Å². The maximum atomic E-state index is 12.2. The standard InChI is InChI=1S/C15H16ClNO4S/c16-12-5-3-11(4-6-12)15-17-13(8-21-15)9-22(18,19)10-14-2-1-7-20-14/h3-6,8,14H,1-2,7,9-10H2/t14-/m0/s1. The maximum Gasteiger partial charge on any atom is 0.226 e. The van der Waals surface area contributed by atoms with Gasteiger partial charge in [-0.3, -0.25) is 0 Å². The molecule has 3 rings (SSSR count). The largest absolute Gasteiger partial charge is 0.444 e. The van der Waals surface area contributed by atoms with Gasteiger partial charge in [0.25, 0.3) is 0 Å². The van der Waals surface area contributed by atoms with Gasteiger partial charge in [0.1, 0.15) is 6.26 Å². The van der Waals surface area contributed by atoms with E-state index < -0.39 is 9.84 Å². The highest BCUT2D eigenvalue weighted by Crippen LogP contribution is 2.22. The van der Waals surface area contributed by atoms with Gasteiger partial charge in [-0.15, -0.1) is 0 Å². The van der Waals surface area contributed by atoms with Gasteiger partial charge < -0.3 is 9.15 Å². The lowest BCUT2D eigenvalue weighted by atomic mass is 10.2. The van der Waals surface area contributed by atoms with Crippen LogP contribution >= 0.6 is 11.6 Å². The third kappa shape index (κ3) is 3.88. The SMILES string of the molecule is O=S(=O)(Cc1coc(-c2ccc(Cl)cc2)n1)C[C@@H]1CCCO1. The van der Waals surface area contributed by atoms with Crippen molar-refractivity contribution < 1.29 is 17.6 Å². The molecule has 118 valence electrons. The molecule has 0 aliphatic carbocycles. The first-order valence-corrected chi connectivity index (χ1v) is 9.24. The Balaban J connectivity index is 1.69. The zero-order valence-electron chi connectivity index (χ0n) is 11.9. The average Bonchev–Trinajstić information content (AvgIpc) is 3.10. The molecule has 0 N–H and O–H groups in total. The van der Waals surface area contributed by atoms with E-state index >= 15 is 0 Å². The Hall–Kier alpha value is -1.37. The van der Waals surface area contributed by atoms with E-state index in [4.69, 9.17) is 20.8 Å². The summed E-state index contributed by atoms with van der Waals surface area (Å²) in [6.45, 7) is 0.644. The van der Waals surface area contributed by atoms with Gasteiger partial charge in [-0.25, -0.2) is 13.4 Å². The third-order valence-electron chi connectivity index (χ3n) is 3.47. The highest BCUT2D eigenvalue weighted by atomic mass is 35.5. The van der Waals surface area contributed by atoms with E-state index in [0.29, 0.717) is 23.2 Å². The lowest BCUT2D eigenvalue weighted by Crippen LogP contribution is -2.21. The molecule has 1 aliphatic rings. The molecule has 22 heavy (non-hydrogen) atoms. The summed E-state index contributed by atoms with van der Waals surface area (Å²) in [5.41, 5.74) is 1.16. The molecule has 0 unspecified atom stereocenters. The Kier molecular flexibility index (Phi) is 4.52. The number of ether oxygens (including phenoxy) is 1. The minimum absolute atomic E-state index is 0.0378. The molecule has 1 aliphatic heterocycles. The highest BCUT2D eigenvalue weighted by Gasteiger charge is 2.24. The first-order chi connectivity index (χ1) is 10.5. The molecule has 5 nitrogen and oxygen atoms in total. The summed E-state index contributed by atoms with van der Waals surface area (Å²) in [7, 11) is -3.26. The molecule has 1 aromatic carbocycles. The number of hydrogen-bond donors (Lipinski definition) is 0. The van der Waals surface area contributed by atoms with Crippen molar-refractivity contribution >= 4 is 21.4 Å². The predicted molar refractivity (Wildman–Crippen MR) is 83.4 cm³/mol. The predicted octanol–water partition coefficient (Wildman–Crippen LogP) is 3.09. The van der Waals surface area contributed by atoms with Gasteiger partial charge in [0, 0.05) is 17.2 Å². The van der Waals surface area contributed by atoms with Gasteiger partial charge in [-0.1, -0.05) is 11.6 Å². The molecule has 1 atom stereocenters. The summed E-state index contributed by atoms with van der Waals surface area (Å²) >= 11 is 5.83. The molecule has 0 spiro atoms. The molecule has 2 heterocycles. The number of halogens is 1.